The van der Waals surface area contributed by atoms with Gasteiger partial charge < -0.3 is 5.32 Å². The van der Waals surface area contributed by atoms with Gasteiger partial charge in [0.1, 0.15) is 0 Å². The molecule has 4 nitrogen and oxygen atoms in total. The maximum atomic E-state index is 11.3. The molecule has 0 saturated heterocycles. The lowest BCUT2D eigenvalue weighted by molar-refractivity contribution is 0.602. The molecular weight excluding hydrogens is 272 g/mol. The first-order chi connectivity index (χ1) is 9.38. The van der Waals surface area contributed by atoms with Crippen LogP contribution in [0.1, 0.15) is 19.4 Å². The van der Waals surface area contributed by atoms with E-state index in [9.17, 15) is 8.42 Å². The second-order valence-corrected chi connectivity index (χ2v) is 5.76. The molecule has 0 heterocycles. The zero-order chi connectivity index (χ0) is 15.8. The van der Waals surface area contributed by atoms with Crippen LogP contribution in [0.15, 0.2) is 47.4 Å². The molecule has 0 amide bonds. The van der Waals surface area contributed by atoms with Crippen LogP contribution < -0.4 is 5.32 Å². The molecule has 0 radical (unpaired) electrons. The Labute approximate surface area is 121 Å². The standard InChI is InChI=1S/C13H14N2O2S.C2H6/c1-10(9-14)8-13(15-2)11-4-6-12(7-5-11)18(3,16)17;1-2/h4-8,15H,1H2,2-3H3;1-2H3/b13-8-;. The van der Waals surface area contributed by atoms with Crippen molar-refractivity contribution in [3.05, 3.63) is 48.1 Å². The summed E-state index contributed by atoms with van der Waals surface area (Å²) < 4.78 is 22.6. The molecule has 0 fully saturated rings. The highest BCUT2D eigenvalue weighted by molar-refractivity contribution is 7.90. The largest absolute Gasteiger partial charge is 0.388 e. The zero-order valence-electron chi connectivity index (χ0n) is 12.3. The van der Waals surface area contributed by atoms with Crippen LogP contribution in [0.3, 0.4) is 0 Å². The fourth-order valence-corrected chi connectivity index (χ4v) is 2.02. The normalized spacial score (nSPS) is 10.8. The lowest BCUT2D eigenvalue weighted by Crippen LogP contribution is -2.05. The Morgan fingerprint density at radius 2 is 1.80 bits per heavy atom. The Morgan fingerprint density at radius 3 is 2.15 bits per heavy atom. The maximum absolute atomic E-state index is 11.3. The van der Waals surface area contributed by atoms with Gasteiger partial charge >= 0.3 is 0 Å². The summed E-state index contributed by atoms with van der Waals surface area (Å²) in [5.74, 6) is 0. The summed E-state index contributed by atoms with van der Waals surface area (Å²) >= 11 is 0. The summed E-state index contributed by atoms with van der Waals surface area (Å²) in [5.41, 5.74) is 1.83. The highest BCUT2D eigenvalue weighted by Gasteiger charge is 2.07. The average Bonchev–Trinajstić information content (AvgIpc) is 2.45. The number of nitrogens with one attached hydrogen (secondary N) is 1. The van der Waals surface area contributed by atoms with E-state index >= 15 is 0 Å². The van der Waals surface area contributed by atoms with Gasteiger partial charge in [0.15, 0.2) is 9.84 Å². The molecule has 0 unspecified atom stereocenters. The van der Waals surface area contributed by atoms with Crippen molar-refractivity contribution >= 4 is 15.5 Å². The molecular formula is C15H20N2O2S. The fraction of sp³-hybridized carbons (Fsp3) is 0.267. The molecule has 0 aliphatic rings. The van der Waals surface area contributed by atoms with Crippen molar-refractivity contribution < 1.29 is 8.42 Å². The van der Waals surface area contributed by atoms with Gasteiger partial charge in [0, 0.05) is 24.6 Å². The van der Waals surface area contributed by atoms with Crippen molar-refractivity contribution in [1.29, 1.82) is 5.26 Å². The topological polar surface area (TPSA) is 70.0 Å². The summed E-state index contributed by atoms with van der Waals surface area (Å²) in [7, 11) is -1.47. The smallest absolute Gasteiger partial charge is 0.175 e. The number of nitrogens with zero attached hydrogens (tertiary/aromatic N) is 1. The third-order valence-electron chi connectivity index (χ3n) is 2.32. The molecule has 0 aliphatic carbocycles. The van der Waals surface area contributed by atoms with E-state index in [0.29, 0.717) is 11.3 Å². The lowest BCUT2D eigenvalue weighted by Gasteiger charge is -2.07. The summed E-state index contributed by atoms with van der Waals surface area (Å²) in [4.78, 5) is 0.265. The molecule has 0 bridgehead atoms. The van der Waals surface area contributed by atoms with E-state index in [1.807, 2.05) is 19.9 Å². The Hall–Kier alpha value is -2.06. The first-order valence-electron chi connectivity index (χ1n) is 6.17. The zero-order valence-corrected chi connectivity index (χ0v) is 13.1. The number of sulfone groups is 1. The SMILES string of the molecule is C=C(C#N)/C=C(\NC)c1ccc(S(C)(=O)=O)cc1.CC. The molecule has 0 saturated carbocycles. The second-order valence-electron chi connectivity index (χ2n) is 3.74. The number of hydrogen-bond donors (Lipinski definition) is 1. The molecule has 0 spiro atoms. The summed E-state index contributed by atoms with van der Waals surface area (Å²) in [6.07, 6.45) is 2.77. The van der Waals surface area contributed by atoms with E-state index in [1.165, 1.54) is 12.1 Å². The van der Waals surface area contributed by atoms with Gasteiger partial charge in [0.2, 0.25) is 0 Å². The van der Waals surface area contributed by atoms with E-state index in [0.717, 1.165) is 11.8 Å². The van der Waals surface area contributed by atoms with Gasteiger partial charge in [-0.3, -0.25) is 0 Å². The van der Waals surface area contributed by atoms with Crippen LogP contribution >= 0.6 is 0 Å². The summed E-state index contributed by atoms with van der Waals surface area (Å²) in [5, 5.41) is 11.6. The molecule has 108 valence electrons. The Balaban J connectivity index is 0.00000172. The van der Waals surface area contributed by atoms with Gasteiger partial charge in [-0.15, -0.1) is 0 Å². The van der Waals surface area contributed by atoms with Crippen molar-refractivity contribution in [2.45, 2.75) is 18.7 Å². The Bertz CT molecular complexity index is 621. The monoisotopic (exact) mass is 292 g/mol. The van der Waals surface area contributed by atoms with Gasteiger partial charge in [0.25, 0.3) is 0 Å². The summed E-state index contributed by atoms with van der Waals surface area (Å²) in [6.45, 7) is 7.57. The number of allylic oxidation sites excluding steroid dienone is 2. The summed E-state index contributed by atoms with van der Waals surface area (Å²) in [6, 6.07) is 8.36. The van der Waals surface area contributed by atoms with Crippen LogP contribution in [-0.4, -0.2) is 21.7 Å². The lowest BCUT2D eigenvalue weighted by atomic mass is 10.1. The van der Waals surface area contributed by atoms with E-state index in [4.69, 9.17) is 5.26 Å². The van der Waals surface area contributed by atoms with Crippen LogP contribution in [-0.2, 0) is 9.84 Å². The maximum Gasteiger partial charge on any atom is 0.175 e. The predicted octanol–water partition coefficient (Wildman–Crippen LogP) is 2.76. The van der Waals surface area contributed by atoms with Gasteiger partial charge in [-0.05, 0) is 23.8 Å². The Kier molecular flexibility index (Phi) is 7.34. The molecule has 1 rings (SSSR count). The molecule has 1 aromatic rings. The van der Waals surface area contributed by atoms with Gasteiger partial charge in [-0.2, -0.15) is 5.26 Å². The van der Waals surface area contributed by atoms with Crippen molar-refractivity contribution in [2.24, 2.45) is 0 Å². The predicted molar refractivity (Wildman–Crippen MR) is 82.7 cm³/mol. The van der Waals surface area contributed by atoms with Crippen LogP contribution in [0.4, 0.5) is 0 Å². The third kappa shape index (κ3) is 5.29. The molecule has 1 N–H and O–H groups in total. The third-order valence-corrected chi connectivity index (χ3v) is 3.45. The number of nitriles is 1. The van der Waals surface area contributed by atoms with Crippen LogP contribution in [0.25, 0.3) is 5.70 Å². The fourth-order valence-electron chi connectivity index (χ4n) is 1.39. The molecule has 1 aromatic carbocycles. The van der Waals surface area contributed by atoms with E-state index in [1.54, 1.807) is 25.3 Å². The van der Waals surface area contributed by atoms with Gasteiger partial charge in [0.05, 0.1) is 11.0 Å². The van der Waals surface area contributed by atoms with Crippen LogP contribution in [0.5, 0.6) is 0 Å². The molecule has 0 atom stereocenters. The first-order valence-corrected chi connectivity index (χ1v) is 8.06. The van der Waals surface area contributed by atoms with Gasteiger partial charge in [-0.1, -0.05) is 32.6 Å². The van der Waals surface area contributed by atoms with Crippen LogP contribution in [0.2, 0.25) is 0 Å². The van der Waals surface area contributed by atoms with E-state index in [-0.39, 0.29) is 4.90 Å². The van der Waals surface area contributed by atoms with E-state index in [2.05, 4.69) is 11.9 Å². The minimum Gasteiger partial charge on any atom is -0.388 e. The van der Waals surface area contributed by atoms with Crippen molar-refractivity contribution in [2.75, 3.05) is 13.3 Å². The van der Waals surface area contributed by atoms with Gasteiger partial charge in [-0.25, -0.2) is 8.42 Å². The molecule has 5 heteroatoms. The average molecular weight is 292 g/mol. The number of benzene rings is 1. The molecule has 0 aliphatic heterocycles. The minimum absolute atomic E-state index is 0.265. The molecule has 0 aromatic heterocycles. The van der Waals surface area contributed by atoms with Crippen molar-refractivity contribution in [3.63, 3.8) is 0 Å². The van der Waals surface area contributed by atoms with Crippen molar-refractivity contribution in [3.8, 4) is 6.07 Å². The van der Waals surface area contributed by atoms with Crippen LogP contribution in [0, 0.1) is 11.3 Å². The highest BCUT2D eigenvalue weighted by Crippen LogP contribution is 2.16. The second kappa shape index (κ2) is 8.18. The Morgan fingerprint density at radius 1 is 1.30 bits per heavy atom. The highest BCUT2D eigenvalue weighted by atomic mass is 32.2. The molecule has 20 heavy (non-hydrogen) atoms. The first kappa shape index (κ1) is 17.9. The van der Waals surface area contributed by atoms with Crippen molar-refractivity contribution in [1.82, 2.24) is 5.32 Å². The van der Waals surface area contributed by atoms with E-state index < -0.39 is 9.84 Å². The number of rotatable bonds is 4. The minimum atomic E-state index is -3.19. The number of hydrogen-bond acceptors (Lipinski definition) is 4. The quantitative estimate of drug-likeness (QED) is 0.684.